The van der Waals surface area contributed by atoms with E-state index in [-0.39, 0.29) is 24.0 Å². The standard InChI is InChI=1S/C11H18ClNO4/c1-11(2,3)17-10(15)13-8-5-4-7(8)9(14)16-6-12/h7-8H,4-6H2,1-3H3,(H,13,15). The van der Waals surface area contributed by atoms with Gasteiger partial charge in [-0.1, -0.05) is 11.6 Å². The molecule has 0 spiro atoms. The molecule has 98 valence electrons. The second kappa shape index (κ2) is 5.58. The van der Waals surface area contributed by atoms with Crippen LogP contribution in [0, 0.1) is 5.92 Å². The first kappa shape index (κ1) is 14.1. The molecule has 0 heterocycles. The van der Waals surface area contributed by atoms with Crippen molar-refractivity contribution in [2.75, 3.05) is 6.07 Å². The number of carbonyl (C=O) groups excluding carboxylic acids is 2. The number of alkyl halides is 1. The minimum absolute atomic E-state index is 0.158. The fraction of sp³-hybridized carbons (Fsp3) is 0.818. The number of esters is 1. The summed E-state index contributed by atoms with van der Waals surface area (Å²) in [5.74, 6) is -0.673. The van der Waals surface area contributed by atoms with Crippen LogP contribution in [0.1, 0.15) is 33.6 Å². The number of amides is 1. The molecule has 1 aliphatic rings. The van der Waals surface area contributed by atoms with Crippen LogP contribution in [0.2, 0.25) is 0 Å². The van der Waals surface area contributed by atoms with E-state index in [1.54, 1.807) is 20.8 Å². The lowest BCUT2D eigenvalue weighted by atomic mass is 9.80. The molecule has 0 radical (unpaired) electrons. The van der Waals surface area contributed by atoms with Crippen LogP contribution < -0.4 is 5.32 Å². The molecule has 1 fully saturated rings. The Kier molecular flexibility index (Phi) is 4.62. The Morgan fingerprint density at radius 3 is 2.41 bits per heavy atom. The van der Waals surface area contributed by atoms with E-state index in [9.17, 15) is 9.59 Å². The van der Waals surface area contributed by atoms with E-state index in [4.69, 9.17) is 21.1 Å². The minimum Gasteiger partial charge on any atom is -0.449 e. The molecule has 1 amide bonds. The van der Waals surface area contributed by atoms with Gasteiger partial charge in [0.15, 0.2) is 6.07 Å². The van der Waals surface area contributed by atoms with Crippen molar-refractivity contribution < 1.29 is 19.1 Å². The van der Waals surface area contributed by atoms with Crippen LogP contribution in [0.15, 0.2) is 0 Å². The molecule has 0 bridgehead atoms. The van der Waals surface area contributed by atoms with Crippen molar-refractivity contribution in [3.05, 3.63) is 0 Å². The summed E-state index contributed by atoms with van der Waals surface area (Å²) in [6.45, 7) is 5.35. The number of hydrogen-bond donors (Lipinski definition) is 1. The van der Waals surface area contributed by atoms with Gasteiger partial charge in [-0.05, 0) is 33.6 Å². The van der Waals surface area contributed by atoms with Crippen LogP contribution in [0.3, 0.4) is 0 Å². The first-order valence-electron chi connectivity index (χ1n) is 5.55. The Morgan fingerprint density at radius 2 is 2.00 bits per heavy atom. The molecule has 0 saturated heterocycles. The SMILES string of the molecule is CC(C)(C)OC(=O)NC1CCC1C(=O)OCCl. The molecular weight excluding hydrogens is 246 g/mol. The van der Waals surface area contributed by atoms with Crippen molar-refractivity contribution in [2.24, 2.45) is 5.92 Å². The maximum absolute atomic E-state index is 11.5. The molecule has 1 aliphatic carbocycles. The van der Waals surface area contributed by atoms with Crippen molar-refractivity contribution >= 4 is 23.7 Å². The normalized spacial score (nSPS) is 23.5. The van der Waals surface area contributed by atoms with E-state index in [1.165, 1.54) is 0 Å². The van der Waals surface area contributed by atoms with Crippen LogP contribution in [0.25, 0.3) is 0 Å². The lowest BCUT2D eigenvalue weighted by Gasteiger charge is -2.35. The van der Waals surface area contributed by atoms with Gasteiger partial charge in [0.2, 0.25) is 0 Å². The first-order chi connectivity index (χ1) is 7.83. The van der Waals surface area contributed by atoms with Crippen LogP contribution in [0.4, 0.5) is 4.79 Å². The highest BCUT2D eigenvalue weighted by molar-refractivity contribution is 6.17. The van der Waals surface area contributed by atoms with Gasteiger partial charge in [0, 0.05) is 6.04 Å². The van der Waals surface area contributed by atoms with Crippen molar-refractivity contribution in [3.8, 4) is 0 Å². The van der Waals surface area contributed by atoms with Crippen LogP contribution in [-0.4, -0.2) is 29.8 Å². The highest BCUT2D eigenvalue weighted by atomic mass is 35.5. The largest absolute Gasteiger partial charge is 0.449 e. The van der Waals surface area contributed by atoms with Crippen LogP contribution in [0.5, 0.6) is 0 Å². The lowest BCUT2D eigenvalue weighted by Crippen LogP contribution is -2.51. The number of ether oxygens (including phenoxy) is 2. The third-order valence-electron chi connectivity index (χ3n) is 2.48. The zero-order valence-corrected chi connectivity index (χ0v) is 11.0. The second-order valence-corrected chi connectivity index (χ2v) is 5.23. The van der Waals surface area contributed by atoms with Crippen LogP contribution in [-0.2, 0) is 14.3 Å². The van der Waals surface area contributed by atoms with Gasteiger partial charge in [0.05, 0.1) is 5.92 Å². The molecule has 0 aromatic carbocycles. The number of rotatable bonds is 3. The fourth-order valence-electron chi connectivity index (χ4n) is 1.57. The number of hydrogen-bond acceptors (Lipinski definition) is 4. The summed E-state index contributed by atoms with van der Waals surface area (Å²) < 4.78 is 9.80. The molecule has 6 heteroatoms. The summed E-state index contributed by atoms with van der Waals surface area (Å²) in [4.78, 5) is 22.9. The fourth-order valence-corrected chi connectivity index (χ4v) is 1.68. The Hall–Kier alpha value is -0.970. The Labute approximate surface area is 106 Å². The molecule has 1 N–H and O–H groups in total. The summed E-state index contributed by atoms with van der Waals surface area (Å²) >= 11 is 5.31. The first-order valence-corrected chi connectivity index (χ1v) is 6.09. The lowest BCUT2D eigenvalue weighted by molar-refractivity contribution is -0.150. The van der Waals surface area contributed by atoms with Gasteiger partial charge in [0.1, 0.15) is 5.60 Å². The average molecular weight is 264 g/mol. The summed E-state index contributed by atoms with van der Waals surface area (Å²) in [5.41, 5.74) is -0.542. The number of carbonyl (C=O) groups is 2. The zero-order chi connectivity index (χ0) is 13.1. The summed E-state index contributed by atoms with van der Waals surface area (Å²) in [7, 11) is 0. The van der Waals surface area contributed by atoms with Gasteiger partial charge in [-0.15, -0.1) is 0 Å². The summed E-state index contributed by atoms with van der Waals surface area (Å²) in [6.07, 6.45) is 0.947. The molecule has 5 nitrogen and oxygen atoms in total. The van der Waals surface area contributed by atoms with Gasteiger partial charge < -0.3 is 14.8 Å². The smallest absolute Gasteiger partial charge is 0.407 e. The second-order valence-electron chi connectivity index (χ2n) is 5.01. The quantitative estimate of drug-likeness (QED) is 0.625. The van der Waals surface area contributed by atoms with E-state index < -0.39 is 11.7 Å². The Bertz CT molecular complexity index is 300. The third-order valence-corrected chi connectivity index (χ3v) is 2.59. The third kappa shape index (κ3) is 4.42. The number of nitrogens with one attached hydrogen (secondary N) is 1. The molecule has 0 aliphatic heterocycles. The molecule has 2 atom stereocenters. The van der Waals surface area contributed by atoms with E-state index in [1.807, 2.05) is 0 Å². The van der Waals surface area contributed by atoms with E-state index in [0.717, 1.165) is 6.42 Å². The predicted molar refractivity (Wildman–Crippen MR) is 62.7 cm³/mol. The van der Waals surface area contributed by atoms with Gasteiger partial charge >= 0.3 is 12.1 Å². The predicted octanol–water partition coefficient (Wildman–Crippen LogP) is 2.03. The Morgan fingerprint density at radius 1 is 1.35 bits per heavy atom. The maximum atomic E-state index is 11.5. The molecule has 0 aromatic heterocycles. The summed E-state index contributed by atoms with van der Waals surface area (Å²) in [6, 6.07) is -0.366. The highest BCUT2D eigenvalue weighted by Gasteiger charge is 2.39. The van der Waals surface area contributed by atoms with Crippen LogP contribution >= 0.6 is 11.6 Å². The number of alkyl carbamates (subject to hydrolysis) is 1. The van der Waals surface area contributed by atoms with Crippen molar-refractivity contribution in [3.63, 3.8) is 0 Å². The van der Waals surface area contributed by atoms with Crippen molar-refractivity contribution in [1.29, 1.82) is 0 Å². The van der Waals surface area contributed by atoms with Gasteiger partial charge in [0.25, 0.3) is 0 Å². The zero-order valence-electron chi connectivity index (χ0n) is 10.3. The average Bonchev–Trinajstić information content (AvgIpc) is 2.10. The molecule has 17 heavy (non-hydrogen) atoms. The van der Waals surface area contributed by atoms with Crippen molar-refractivity contribution in [2.45, 2.75) is 45.3 Å². The summed E-state index contributed by atoms with van der Waals surface area (Å²) in [5, 5.41) is 2.66. The molecule has 1 saturated carbocycles. The Balaban J connectivity index is 2.37. The van der Waals surface area contributed by atoms with Crippen molar-refractivity contribution in [1.82, 2.24) is 5.32 Å². The number of halogens is 1. The van der Waals surface area contributed by atoms with E-state index in [0.29, 0.717) is 6.42 Å². The maximum Gasteiger partial charge on any atom is 0.407 e. The minimum atomic E-state index is -0.542. The van der Waals surface area contributed by atoms with Gasteiger partial charge in [-0.25, -0.2) is 4.79 Å². The highest BCUT2D eigenvalue weighted by Crippen LogP contribution is 2.29. The molecule has 0 aromatic rings. The van der Waals surface area contributed by atoms with Gasteiger partial charge in [-0.3, -0.25) is 4.79 Å². The monoisotopic (exact) mass is 263 g/mol. The van der Waals surface area contributed by atoms with E-state index in [2.05, 4.69) is 5.32 Å². The molecule has 2 unspecified atom stereocenters. The molecule has 1 rings (SSSR count). The van der Waals surface area contributed by atoms with E-state index >= 15 is 0 Å². The van der Waals surface area contributed by atoms with Gasteiger partial charge in [-0.2, -0.15) is 0 Å². The molecular formula is C11H18ClNO4. The topological polar surface area (TPSA) is 64.6 Å².